The number of carbonyl (C=O) groups is 1. The topological polar surface area (TPSA) is 49.8 Å². The fraction of sp³-hybridized carbons (Fsp3) is 0.824. The summed E-state index contributed by atoms with van der Waals surface area (Å²) in [4.78, 5) is 14.7. The van der Waals surface area contributed by atoms with Gasteiger partial charge in [0.1, 0.15) is 6.10 Å². The third-order valence-corrected chi connectivity index (χ3v) is 4.65. The van der Waals surface area contributed by atoms with E-state index in [1.54, 1.807) is 0 Å². The van der Waals surface area contributed by atoms with Crippen LogP contribution in [0.1, 0.15) is 51.9 Å². The maximum absolute atomic E-state index is 12.5. The van der Waals surface area contributed by atoms with Gasteiger partial charge in [0.25, 0.3) is 0 Å². The maximum Gasteiger partial charge on any atom is 0.351 e. The van der Waals surface area contributed by atoms with E-state index in [0.717, 1.165) is 51.6 Å². The second kappa shape index (κ2) is 7.29. The lowest BCUT2D eigenvalue weighted by atomic mass is 9.86. The Morgan fingerprint density at radius 3 is 2.48 bits per heavy atom. The van der Waals surface area contributed by atoms with Crippen LogP contribution in [0.5, 0.6) is 0 Å². The minimum atomic E-state index is -1.60. The number of nitrogens with zero attached hydrogens (tertiary/aromatic N) is 1. The Hall–Kier alpha value is -1.05. The van der Waals surface area contributed by atoms with Crippen LogP contribution in [0.15, 0.2) is 0 Å². The highest BCUT2D eigenvalue weighted by Gasteiger charge is 2.46. The molecule has 4 heteroatoms. The largest absolute Gasteiger partial charge is 0.459 e. The second-order valence-corrected chi connectivity index (χ2v) is 6.31. The van der Waals surface area contributed by atoms with Crippen LogP contribution in [-0.2, 0) is 9.53 Å². The Balaban J connectivity index is 2.03. The van der Waals surface area contributed by atoms with Gasteiger partial charge in [0.05, 0.1) is 0 Å². The molecular formula is C17H27NO3. The number of rotatable bonds is 3. The lowest BCUT2D eigenvalue weighted by molar-refractivity contribution is -0.171. The first-order chi connectivity index (χ1) is 10.1. The third-order valence-electron chi connectivity index (χ3n) is 4.65. The minimum absolute atomic E-state index is 0.0738. The molecule has 0 aromatic heterocycles. The summed E-state index contributed by atoms with van der Waals surface area (Å²) in [6.45, 7) is 3.78. The number of ether oxygens (including phenoxy) is 1. The van der Waals surface area contributed by atoms with E-state index in [9.17, 15) is 9.90 Å². The zero-order valence-corrected chi connectivity index (χ0v) is 13.2. The summed E-state index contributed by atoms with van der Waals surface area (Å²) in [5.41, 5.74) is -1.60. The van der Waals surface area contributed by atoms with Crippen molar-refractivity contribution in [3.8, 4) is 11.8 Å². The van der Waals surface area contributed by atoms with Crippen LogP contribution in [-0.4, -0.2) is 47.8 Å². The molecule has 0 amide bonds. The van der Waals surface area contributed by atoms with E-state index < -0.39 is 11.6 Å². The normalized spacial score (nSPS) is 24.1. The van der Waals surface area contributed by atoms with E-state index in [-0.39, 0.29) is 12.0 Å². The van der Waals surface area contributed by atoms with Crippen molar-refractivity contribution >= 4 is 5.97 Å². The van der Waals surface area contributed by atoms with Crippen molar-refractivity contribution in [3.05, 3.63) is 0 Å². The molecule has 2 aliphatic rings. The molecule has 1 aliphatic carbocycles. The Bertz CT molecular complexity index is 411. The molecule has 0 spiro atoms. The number of hydrogen-bond acceptors (Lipinski definition) is 4. The van der Waals surface area contributed by atoms with Gasteiger partial charge in [-0.05, 0) is 32.7 Å². The van der Waals surface area contributed by atoms with Gasteiger partial charge in [0.2, 0.25) is 5.60 Å². The van der Waals surface area contributed by atoms with Crippen LogP contribution in [0.25, 0.3) is 0 Å². The first-order valence-corrected chi connectivity index (χ1v) is 8.18. The minimum Gasteiger partial charge on any atom is -0.459 e. The molecular weight excluding hydrogens is 266 g/mol. The van der Waals surface area contributed by atoms with Crippen LogP contribution >= 0.6 is 0 Å². The molecule has 1 saturated heterocycles. The average molecular weight is 293 g/mol. The van der Waals surface area contributed by atoms with Crippen LogP contribution < -0.4 is 0 Å². The van der Waals surface area contributed by atoms with E-state index in [4.69, 9.17) is 4.74 Å². The smallest absolute Gasteiger partial charge is 0.351 e. The maximum atomic E-state index is 12.5. The van der Waals surface area contributed by atoms with Gasteiger partial charge in [-0.15, -0.1) is 0 Å². The number of esters is 1. The van der Waals surface area contributed by atoms with Gasteiger partial charge < -0.3 is 14.7 Å². The van der Waals surface area contributed by atoms with E-state index in [1.807, 2.05) is 6.92 Å². The molecule has 0 bridgehead atoms. The Morgan fingerprint density at radius 1 is 1.29 bits per heavy atom. The predicted molar refractivity (Wildman–Crippen MR) is 81.6 cm³/mol. The Morgan fingerprint density at radius 2 is 1.90 bits per heavy atom. The average Bonchev–Trinajstić information content (AvgIpc) is 3.02. The van der Waals surface area contributed by atoms with E-state index in [0.29, 0.717) is 6.42 Å². The highest BCUT2D eigenvalue weighted by Crippen LogP contribution is 2.35. The number of carbonyl (C=O) groups excluding carboxylic acids is 1. The van der Waals surface area contributed by atoms with Gasteiger partial charge in [-0.25, -0.2) is 4.79 Å². The first kappa shape index (κ1) is 16.3. The van der Waals surface area contributed by atoms with Crippen molar-refractivity contribution in [3.63, 3.8) is 0 Å². The standard InChI is InChI=1S/C17H27NO3/c1-3-4-11-17(20,14-7-5-6-8-14)16(19)21-15-9-12-18(2)13-10-15/h14-15,20H,3,5-10,12-13H2,1-2H3. The quantitative estimate of drug-likeness (QED) is 0.638. The number of likely N-dealkylation sites (tertiary alicyclic amines) is 1. The van der Waals surface area contributed by atoms with Gasteiger partial charge >= 0.3 is 5.97 Å². The predicted octanol–water partition coefficient (Wildman–Crippen LogP) is 1.96. The monoisotopic (exact) mass is 293 g/mol. The van der Waals surface area contributed by atoms with Crippen molar-refractivity contribution < 1.29 is 14.6 Å². The summed E-state index contributed by atoms with van der Waals surface area (Å²) in [5, 5.41) is 10.8. The fourth-order valence-electron chi connectivity index (χ4n) is 3.23. The van der Waals surface area contributed by atoms with E-state index in [1.165, 1.54) is 0 Å². The molecule has 1 N–H and O–H groups in total. The summed E-state index contributed by atoms with van der Waals surface area (Å²) < 4.78 is 5.60. The van der Waals surface area contributed by atoms with Crippen LogP contribution in [0.4, 0.5) is 0 Å². The Labute approximate surface area is 127 Å². The molecule has 118 valence electrons. The van der Waals surface area contributed by atoms with E-state index in [2.05, 4.69) is 23.8 Å². The molecule has 0 radical (unpaired) electrons. The highest BCUT2D eigenvalue weighted by atomic mass is 16.6. The van der Waals surface area contributed by atoms with Crippen molar-refractivity contribution in [2.75, 3.05) is 20.1 Å². The zero-order chi connectivity index (χ0) is 15.3. The second-order valence-electron chi connectivity index (χ2n) is 6.31. The summed E-state index contributed by atoms with van der Waals surface area (Å²) in [6.07, 6.45) is 6.06. The van der Waals surface area contributed by atoms with Crippen molar-refractivity contribution in [1.29, 1.82) is 0 Å². The molecule has 4 nitrogen and oxygen atoms in total. The summed E-state index contributed by atoms with van der Waals surface area (Å²) >= 11 is 0. The van der Waals surface area contributed by atoms with Crippen molar-refractivity contribution in [1.82, 2.24) is 4.90 Å². The van der Waals surface area contributed by atoms with Crippen molar-refractivity contribution in [2.24, 2.45) is 5.92 Å². The van der Waals surface area contributed by atoms with Crippen LogP contribution in [0.3, 0.4) is 0 Å². The van der Waals surface area contributed by atoms with Gasteiger partial charge in [0, 0.05) is 25.4 Å². The molecule has 1 unspecified atom stereocenters. The van der Waals surface area contributed by atoms with Gasteiger partial charge in [-0.2, -0.15) is 0 Å². The molecule has 1 atom stereocenters. The van der Waals surface area contributed by atoms with Crippen LogP contribution in [0, 0.1) is 17.8 Å². The van der Waals surface area contributed by atoms with E-state index >= 15 is 0 Å². The van der Waals surface area contributed by atoms with Crippen LogP contribution in [0.2, 0.25) is 0 Å². The number of hydrogen-bond donors (Lipinski definition) is 1. The first-order valence-electron chi connectivity index (χ1n) is 8.18. The zero-order valence-electron chi connectivity index (χ0n) is 13.2. The molecule has 1 aliphatic heterocycles. The molecule has 2 rings (SSSR count). The lowest BCUT2D eigenvalue weighted by Gasteiger charge is -2.32. The molecule has 2 fully saturated rings. The number of aliphatic hydroxyl groups is 1. The molecule has 0 aromatic rings. The third kappa shape index (κ3) is 3.99. The summed E-state index contributed by atoms with van der Waals surface area (Å²) in [5.74, 6) is 5.09. The molecule has 1 saturated carbocycles. The highest BCUT2D eigenvalue weighted by molar-refractivity contribution is 5.84. The van der Waals surface area contributed by atoms with Gasteiger partial charge in [-0.1, -0.05) is 31.6 Å². The van der Waals surface area contributed by atoms with Gasteiger partial charge in [0.15, 0.2) is 0 Å². The summed E-state index contributed by atoms with van der Waals surface area (Å²) in [6, 6.07) is 0. The molecule has 1 heterocycles. The van der Waals surface area contributed by atoms with Crippen molar-refractivity contribution in [2.45, 2.75) is 63.6 Å². The summed E-state index contributed by atoms with van der Waals surface area (Å²) in [7, 11) is 2.07. The fourth-order valence-corrected chi connectivity index (χ4v) is 3.23. The molecule has 21 heavy (non-hydrogen) atoms. The lowest BCUT2D eigenvalue weighted by Crippen LogP contribution is -2.47. The molecule has 0 aromatic carbocycles. The SMILES string of the molecule is CCC#CC(O)(C(=O)OC1CCN(C)CC1)C1CCCC1. The van der Waals surface area contributed by atoms with Gasteiger partial charge in [-0.3, -0.25) is 0 Å². The Kier molecular flexibility index (Phi) is 5.66. The number of piperidine rings is 1.